The van der Waals surface area contributed by atoms with E-state index in [1.54, 1.807) is 0 Å². The number of guanidine groups is 1. The van der Waals surface area contributed by atoms with E-state index in [1.807, 2.05) is 0 Å². The number of nitrogens with zero attached hydrogens (tertiary/aromatic N) is 2. The van der Waals surface area contributed by atoms with Gasteiger partial charge in [0.05, 0.1) is 24.3 Å². The summed E-state index contributed by atoms with van der Waals surface area (Å²) in [5.41, 5.74) is 3.86. The first-order chi connectivity index (χ1) is 16.0. The van der Waals surface area contributed by atoms with Gasteiger partial charge in [0.2, 0.25) is 5.96 Å². The van der Waals surface area contributed by atoms with Crippen molar-refractivity contribution in [1.29, 1.82) is 0 Å². The van der Waals surface area contributed by atoms with Crippen molar-refractivity contribution in [2.45, 2.75) is 121 Å². The Balaban J connectivity index is 1.55. The molecule has 1 atom stereocenters. The standard InChI is InChI=1S/C26H42N4O3/c1-3-4-5-6-17(2)28-26-27-16-24-22(18-7-9-20(10-8-18)25(32)33)15-23(30(24)29-26)19-11-13-21(31)14-12-19/h15,17-21,31H,3-14,16H2,1-2H3,(H,32,33)(H2,27,28,29)/t17-,18?,19?,20?,21?/m0/s1. The number of aliphatic carboxylic acids is 1. The van der Waals surface area contributed by atoms with Crippen molar-refractivity contribution in [2.75, 3.05) is 0 Å². The molecule has 2 saturated carbocycles. The van der Waals surface area contributed by atoms with Crippen molar-refractivity contribution in [3.05, 3.63) is 23.0 Å². The van der Waals surface area contributed by atoms with Crippen LogP contribution in [0.2, 0.25) is 0 Å². The number of fused-ring (bicyclic) bond motifs is 1. The maximum absolute atomic E-state index is 11.4. The molecule has 2 fully saturated rings. The maximum atomic E-state index is 11.4. The third-order valence-electron chi connectivity index (χ3n) is 8.02. The molecular formula is C26H42N4O3. The third-order valence-corrected chi connectivity index (χ3v) is 8.02. The molecule has 3 aliphatic rings. The number of nitrogens with one attached hydrogen (secondary N) is 2. The summed E-state index contributed by atoms with van der Waals surface area (Å²) in [5.74, 6) is 0.829. The van der Waals surface area contributed by atoms with E-state index in [2.05, 4.69) is 35.2 Å². The van der Waals surface area contributed by atoms with Gasteiger partial charge in [0, 0.05) is 17.7 Å². The number of carboxylic acids is 1. The summed E-state index contributed by atoms with van der Waals surface area (Å²) in [4.78, 5) is 11.4. The molecule has 2 aliphatic carbocycles. The molecule has 184 valence electrons. The molecule has 0 unspecified atom stereocenters. The predicted octanol–water partition coefficient (Wildman–Crippen LogP) is 4.65. The van der Waals surface area contributed by atoms with Crippen LogP contribution < -0.4 is 10.6 Å². The highest BCUT2D eigenvalue weighted by Crippen LogP contribution is 2.42. The van der Waals surface area contributed by atoms with Crippen molar-refractivity contribution in [3.8, 4) is 0 Å². The van der Waals surface area contributed by atoms with Crippen LogP contribution in [0.4, 0.5) is 0 Å². The van der Waals surface area contributed by atoms with Gasteiger partial charge in [-0.2, -0.15) is 0 Å². The van der Waals surface area contributed by atoms with Crippen LogP contribution in [0.15, 0.2) is 11.2 Å². The SMILES string of the molecule is CCCCC[C@H](C)NC1=Nn2c(C3CCC(O)CC3)cc(C3CCC(C(=O)O)CC3)c2CN1. The van der Waals surface area contributed by atoms with Gasteiger partial charge in [-0.1, -0.05) is 26.2 Å². The number of aliphatic hydroxyl groups is 1. The molecule has 33 heavy (non-hydrogen) atoms. The molecule has 7 nitrogen and oxygen atoms in total. The van der Waals surface area contributed by atoms with Crippen molar-refractivity contribution in [1.82, 2.24) is 15.3 Å². The zero-order chi connectivity index (χ0) is 23.4. The van der Waals surface area contributed by atoms with Crippen molar-refractivity contribution in [2.24, 2.45) is 11.0 Å². The Hall–Kier alpha value is -2.02. The minimum absolute atomic E-state index is 0.172. The zero-order valence-corrected chi connectivity index (χ0v) is 20.4. The van der Waals surface area contributed by atoms with Crippen LogP contribution >= 0.6 is 0 Å². The van der Waals surface area contributed by atoms with Crippen LogP contribution in [0.5, 0.6) is 0 Å². The van der Waals surface area contributed by atoms with Crippen molar-refractivity contribution in [3.63, 3.8) is 0 Å². The molecular weight excluding hydrogens is 416 g/mol. The Morgan fingerprint density at radius 1 is 1.15 bits per heavy atom. The van der Waals surface area contributed by atoms with Gasteiger partial charge < -0.3 is 20.8 Å². The number of hydrogen-bond acceptors (Lipinski definition) is 5. The molecule has 1 aromatic heterocycles. The van der Waals surface area contributed by atoms with Gasteiger partial charge in [0.25, 0.3) is 0 Å². The molecule has 2 heterocycles. The molecule has 4 N–H and O–H groups in total. The highest BCUT2D eigenvalue weighted by molar-refractivity contribution is 5.80. The molecule has 0 spiro atoms. The Labute approximate surface area is 198 Å². The molecule has 0 bridgehead atoms. The highest BCUT2D eigenvalue weighted by atomic mass is 16.4. The van der Waals surface area contributed by atoms with Crippen LogP contribution in [0.1, 0.15) is 120 Å². The molecule has 0 aromatic carbocycles. The number of unbranched alkanes of at least 4 members (excludes halogenated alkanes) is 2. The second-order valence-electron chi connectivity index (χ2n) is 10.5. The topological polar surface area (TPSA) is 98.9 Å². The van der Waals surface area contributed by atoms with Gasteiger partial charge in [-0.3, -0.25) is 4.79 Å². The largest absolute Gasteiger partial charge is 0.481 e. The average Bonchev–Trinajstić information content (AvgIpc) is 3.18. The first-order valence-electron chi connectivity index (χ1n) is 13.2. The van der Waals surface area contributed by atoms with Crippen LogP contribution in [0, 0.1) is 5.92 Å². The van der Waals surface area contributed by atoms with Gasteiger partial charge in [-0.25, -0.2) is 4.68 Å². The van der Waals surface area contributed by atoms with Crippen molar-refractivity contribution < 1.29 is 15.0 Å². The second-order valence-corrected chi connectivity index (χ2v) is 10.5. The lowest BCUT2D eigenvalue weighted by Crippen LogP contribution is -2.45. The molecule has 0 radical (unpaired) electrons. The minimum atomic E-state index is -0.649. The van der Waals surface area contributed by atoms with Crippen LogP contribution in [-0.4, -0.2) is 39.0 Å². The fraction of sp³-hybridized carbons (Fsp3) is 0.769. The number of hydrogen-bond donors (Lipinski definition) is 4. The van der Waals surface area contributed by atoms with Crippen LogP contribution in [0.3, 0.4) is 0 Å². The number of rotatable bonds is 8. The normalized spacial score (nSPS) is 28.4. The summed E-state index contributed by atoms with van der Waals surface area (Å²) < 4.78 is 2.18. The first-order valence-corrected chi connectivity index (χ1v) is 13.2. The molecule has 7 heteroatoms. The van der Waals surface area contributed by atoms with E-state index in [0.717, 1.165) is 70.3 Å². The fourth-order valence-electron chi connectivity index (χ4n) is 5.93. The number of carboxylic acid groups (broad SMARTS) is 1. The lowest BCUT2D eigenvalue weighted by Gasteiger charge is -2.29. The Morgan fingerprint density at radius 3 is 2.52 bits per heavy atom. The predicted molar refractivity (Wildman–Crippen MR) is 130 cm³/mol. The Bertz CT molecular complexity index is 833. The molecule has 0 saturated heterocycles. The van der Waals surface area contributed by atoms with Gasteiger partial charge in [0.15, 0.2) is 0 Å². The van der Waals surface area contributed by atoms with Gasteiger partial charge in [-0.05, 0) is 82.3 Å². The van der Waals surface area contributed by atoms with E-state index in [-0.39, 0.29) is 12.0 Å². The summed E-state index contributed by atoms with van der Waals surface area (Å²) in [6, 6.07) is 2.74. The van der Waals surface area contributed by atoms with E-state index >= 15 is 0 Å². The van der Waals surface area contributed by atoms with Gasteiger partial charge in [-0.15, -0.1) is 5.10 Å². The smallest absolute Gasteiger partial charge is 0.306 e. The van der Waals surface area contributed by atoms with Gasteiger partial charge >= 0.3 is 5.97 Å². The van der Waals surface area contributed by atoms with Crippen LogP contribution in [0.25, 0.3) is 0 Å². The summed E-state index contributed by atoms with van der Waals surface area (Å²) in [5, 5.41) is 31.5. The number of aliphatic hydroxyl groups excluding tert-OH is 1. The molecule has 1 aliphatic heterocycles. The van der Waals surface area contributed by atoms with E-state index in [0.29, 0.717) is 17.9 Å². The Morgan fingerprint density at radius 2 is 1.85 bits per heavy atom. The fourth-order valence-corrected chi connectivity index (χ4v) is 5.93. The zero-order valence-electron chi connectivity index (χ0n) is 20.4. The van der Waals surface area contributed by atoms with E-state index in [4.69, 9.17) is 5.10 Å². The minimum Gasteiger partial charge on any atom is -0.481 e. The van der Waals surface area contributed by atoms with Crippen LogP contribution in [-0.2, 0) is 11.3 Å². The lowest BCUT2D eigenvalue weighted by atomic mass is 9.78. The molecule has 1 aromatic rings. The second kappa shape index (κ2) is 10.9. The lowest BCUT2D eigenvalue weighted by molar-refractivity contribution is -0.142. The summed E-state index contributed by atoms with van der Waals surface area (Å²) >= 11 is 0. The quantitative estimate of drug-likeness (QED) is 0.425. The summed E-state index contributed by atoms with van der Waals surface area (Å²) in [7, 11) is 0. The monoisotopic (exact) mass is 458 g/mol. The number of carbonyl (C=O) groups is 1. The van der Waals surface area contributed by atoms with Gasteiger partial charge in [0.1, 0.15) is 0 Å². The summed E-state index contributed by atoms with van der Waals surface area (Å²) in [6.45, 7) is 5.20. The summed E-state index contributed by atoms with van der Waals surface area (Å²) in [6.07, 6.45) is 11.8. The van der Waals surface area contributed by atoms with E-state index < -0.39 is 5.97 Å². The third kappa shape index (κ3) is 5.73. The molecule has 0 amide bonds. The first kappa shape index (κ1) is 24.1. The highest BCUT2D eigenvalue weighted by Gasteiger charge is 2.33. The van der Waals surface area contributed by atoms with E-state index in [1.165, 1.54) is 36.2 Å². The Kier molecular flexibility index (Phi) is 7.99. The average molecular weight is 459 g/mol. The van der Waals surface area contributed by atoms with Crippen molar-refractivity contribution >= 4 is 11.9 Å². The number of aromatic nitrogens is 1. The van der Waals surface area contributed by atoms with E-state index in [9.17, 15) is 15.0 Å². The maximum Gasteiger partial charge on any atom is 0.306 e. The molecule has 4 rings (SSSR count).